The maximum atomic E-state index is 12.5. The van der Waals surface area contributed by atoms with E-state index in [0.717, 1.165) is 25.1 Å². The number of alkyl halides is 3. The number of fused-ring (bicyclic) bond motifs is 2. The summed E-state index contributed by atoms with van der Waals surface area (Å²) in [5.74, 6) is 1.21. The molecule has 6 rings (SSSR count). The molecule has 14 heteroatoms. The average Bonchev–Trinajstić information content (AvgIpc) is 3.58. The largest absolute Gasteiger partial charge is 0.573 e. The number of nitrogens with two attached hydrogens (primary N) is 1. The van der Waals surface area contributed by atoms with Crippen LogP contribution in [0.4, 0.5) is 19.0 Å². The fourth-order valence-electron chi connectivity index (χ4n) is 6.25. The lowest BCUT2D eigenvalue weighted by molar-refractivity contribution is -0.274. The number of aryl methyl sites for hydroxylation is 1. The van der Waals surface area contributed by atoms with Crippen LogP contribution in [0.3, 0.4) is 0 Å². The SMILES string of the molecule is CC(C)N(CC1OCC(O)(n2ccc3c(N)ncnc32)C1O)C1CC(CCc2nc3ccc(OC(F)(F)F)cc3[nH]2)C1. The summed E-state index contributed by atoms with van der Waals surface area (Å²) < 4.78 is 49.1. The van der Waals surface area contributed by atoms with Crippen molar-refractivity contribution in [2.75, 3.05) is 18.9 Å². The number of hydrogen-bond donors (Lipinski definition) is 4. The minimum atomic E-state index is -4.74. The zero-order chi connectivity index (χ0) is 29.8. The van der Waals surface area contributed by atoms with Gasteiger partial charge >= 0.3 is 6.36 Å². The van der Waals surface area contributed by atoms with Gasteiger partial charge in [-0.05, 0) is 57.2 Å². The summed E-state index contributed by atoms with van der Waals surface area (Å²) in [6.07, 6.45) is -0.0675. The first kappa shape index (κ1) is 28.6. The molecule has 1 aromatic carbocycles. The second-order valence-corrected chi connectivity index (χ2v) is 11.6. The van der Waals surface area contributed by atoms with E-state index in [0.29, 0.717) is 52.8 Å². The third-order valence-corrected chi connectivity index (χ3v) is 8.52. The smallest absolute Gasteiger partial charge is 0.406 e. The lowest BCUT2D eigenvalue weighted by Gasteiger charge is -2.46. The number of aromatic nitrogens is 5. The molecule has 3 atom stereocenters. The molecule has 11 nitrogen and oxygen atoms in total. The molecule has 1 aliphatic heterocycles. The fraction of sp³-hybridized carbons (Fsp3) is 0.536. The number of H-pyrrole nitrogens is 1. The van der Waals surface area contributed by atoms with Gasteiger partial charge in [0.2, 0.25) is 0 Å². The van der Waals surface area contributed by atoms with Crippen LogP contribution in [0.15, 0.2) is 36.8 Å². The van der Waals surface area contributed by atoms with E-state index in [2.05, 4.69) is 43.4 Å². The van der Waals surface area contributed by atoms with Crippen molar-refractivity contribution >= 4 is 27.9 Å². The highest BCUT2D eigenvalue weighted by Gasteiger charge is 2.51. The van der Waals surface area contributed by atoms with Crippen LogP contribution in [0.25, 0.3) is 22.1 Å². The highest BCUT2D eigenvalue weighted by molar-refractivity contribution is 5.86. The van der Waals surface area contributed by atoms with Gasteiger partial charge in [0.1, 0.15) is 41.6 Å². The van der Waals surface area contributed by atoms with Gasteiger partial charge < -0.3 is 30.4 Å². The van der Waals surface area contributed by atoms with Crippen LogP contribution >= 0.6 is 0 Å². The van der Waals surface area contributed by atoms with Crippen LogP contribution in [-0.4, -0.2) is 83.4 Å². The Bertz CT molecular complexity index is 1570. The standard InChI is InChI=1S/C28H34F3N7O4/c1-15(2)37(12-22-24(39)27(40,13-41-22)38-8-7-19-25(32)33-14-34-26(19)38)17-9-16(10-17)3-6-23-35-20-5-4-18(11-21(20)36-23)42-28(29,30)31/h4-5,7-8,11,14-17,22,24,39-40H,3,6,9-10,12-13H2,1-2H3,(H,35,36)(H2,32,33,34). The molecule has 0 spiro atoms. The molecule has 2 fully saturated rings. The number of benzene rings is 1. The van der Waals surface area contributed by atoms with Gasteiger partial charge in [0.05, 0.1) is 23.0 Å². The number of ether oxygens (including phenoxy) is 2. The molecule has 1 saturated carbocycles. The molecule has 4 heterocycles. The number of aromatic amines is 1. The fourth-order valence-corrected chi connectivity index (χ4v) is 6.25. The van der Waals surface area contributed by atoms with Gasteiger partial charge in [-0.1, -0.05) is 0 Å². The molecule has 0 bridgehead atoms. The van der Waals surface area contributed by atoms with Crippen molar-refractivity contribution in [3.8, 4) is 5.75 Å². The first-order valence-electron chi connectivity index (χ1n) is 14.0. The number of halogens is 3. The molecule has 3 aromatic heterocycles. The van der Waals surface area contributed by atoms with Crippen LogP contribution in [0.2, 0.25) is 0 Å². The van der Waals surface area contributed by atoms with Gasteiger partial charge in [-0.3, -0.25) is 9.47 Å². The minimum Gasteiger partial charge on any atom is -0.406 e. The van der Waals surface area contributed by atoms with Crippen molar-refractivity contribution in [3.63, 3.8) is 0 Å². The number of nitrogen functional groups attached to an aromatic ring is 1. The Morgan fingerprint density at radius 3 is 2.79 bits per heavy atom. The third-order valence-electron chi connectivity index (χ3n) is 8.52. The Hall–Kier alpha value is -3.46. The van der Waals surface area contributed by atoms with Gasteiger partial charge in [0.25, 0.3) is 0 Å². The summed E-state index contributed by atoms with van der Waals surface area (Å²) in [6, 6.07) is 6.29. The lowest BCUT2D eigenvalue weighted by atomic mass is 9.76. The van der Waals surface area contributed by atoms with Gasteiger partial charge in [-0.25, -0.2) is 15.0 Å². The van der Waals surface area contributed by atoms with Gasteiger partial charge in [0.15, 0.2) is 5.72 Å². The highest BCUT2D eigenvalue weighted by Crippen LogP contribution is 2.39. The average molecular weight is 590 g/mol. The van der Waals surface area contributed by atoms with Crippen LogP contribution in [-0.2, 0) is 16.9 Å². The topological polar surface area (TPSA) is 148 Å². The van der Waals surface area contributed by atoms with E-state index in [9.17, 15) is 23.4 Å². The number of anilines is 1. The number of hydrogen-bond acceptors (Lipinski definition) is 9. The van der Waals surface area contributed by atoms with Crippen molar-refractivity contribution in [3.05, 3.63) is 42.6 Å². The molecule has 0 amide bonds. The lowest BCUT2D eigenvalue weighted by Crippen LogP contribution is -2.54. The van der Waals surface area contributed by atoms with E-state index in [1.165, 1.54) is 29.1 Å². The van der Waals surface area contributed by atoms with Crippen LogP contribution in [0, 0.1) is 5.92 Å². The van der Waals surface area contributed by atoms with E-state index in [4.69, 9.17) is 10.5 Å². The monoisotopic (exact) mass is 589 g/mol. The molecule has 4 aromatic rings. The van der Waals surface area contributed by atoms with Crippen molar-refractivity contribution < 1.29 is 32.9 Å². The number of rotatable bonds is 9. The Morgan fingerprint density at radius 1 is 1.26 bits per heavy atom. The third kappa shape index (κ3) is 5.39. The molecule has 1 aliphatic carbocycles. The summed E-state index contributed by atoms with van der Waals surface area (Å²) in [5, 5.41) is 23.3. The van der Waals surface area contributed by atoms with Crippen molar-refractivity contribution in [2.24, 2.45) is 5.92 Å². The van der Waals surface area contributed by atoms with Gasteiger partial charge in [-0.15, -0.1) is 13.2 Å². The summed E-state index contributed by atoms with van der Waals surface area (Å²) in [7, 11) is 0. The predicted octanol–water partition coefficient (Wildman–Crippen LogP) is 3.32. The number of imidazole rings is 1. The quantitative estimate of drug-likeness (QED) is 0.231. The Morgan fingerprint density at radius 2 is 2.05 bits per heavy atom. The van der Waals surface area contributed by atoms with Crippen molar-refractivity contribution in [2.45, 2.75) is 75.9 Å². The van der Waals surface area contributed by atoms with E-state index >= 15 is 0 Å². The number of aliphatic hydroxyl groups excluding tert-OH is 1. The summed E-state index contributed by atoms with van der Waals surface area (Å²) in [6.45, 7) is 4.57. The van der Waals surface area contributed by atoms with Gasteiger partial charge in [-0.2, -0.15) is 0 Å². The summed E-state index contributed by atoms with van der Waals surface area (Å²) >= 11 is 0. The zero-order valence-electron chi connectivity index (χ0n) is 23.3. The molecule has 0 radical (unpaired) electrons. The first-order chi connectivity index (χ1) is 19.9. The number of nitrogens with one attached hydrogen (secondary N) is 1. The molecule has 1 saturated heterocycles. The molecule has 42 heavy (non-hydrogen) atoms. The Balaban J connectivity index is 1.05. The second-order valence-electron chi connectivity index (χ2n) is 11.6. The maximum absolute atomic E-state index is 12.5. The molecule has 5 N–H and O–H groups in total. The van der Waals surface area contributed by atoms with Crippen LogP contribution in [0.5, 0.6) is 5.75 Å². The molecular weight excluding hydrogens is 555 g/mol. The van der Waals surface area contributed by atoms with E-state index in [-0.39, 0.29) is 18.4 Å². The minimum absolute atomic E-state index is 0.0902. The molecule has 2 aliphatic rings. The van der Waals surface area contributed by atoms with E-state index < -0.39 is 24.3 Å². The predicted molar refractivity (Wildman–Crippen MR) is 147 cm³/mol. The Kier molecular flexibility index (Phi) is 7.28. The zero-order valence-corrected chi connectivity index (χ0v) is 23.3. The van der Waals surface area contributed by atoms with Crippen molar-refractivity contribution in [1.82, 2.24) is 29.4 Å². The summed E-state index contributed by atoms with van der Waals surface area (Å²) in [4.78, 5) is 18.2. The molecule has 226 valence electrons. The van der Waals surface area contributed by atoms with Gasteiger partial charge in [0, 0.05) is 37.3 Å². The molecular formula is C28H34F3N7O4. The normalized spacial score (nSPS) is 26.5. The number of aliphatic hydroxyl groups is 2. The van der Waals surface area contributed by atoms with Crippen LogP contribution < -0.4 is 10.5 Å². The number of nitrogens with zero attached hydrogens (tertiary/aromatic N) is 5. The maximum Gasteiger partial charge on any atom is 0.573 e. The Labute approximate surface area is 239 Å². The highest BCUT2D eigenvalue weighted by atomic mass is 19.4. The van der Waals surface area contributed by atoms with Crippen molar-refractivity contribution in [1.29, 1.82) is 0 Å². The van der Waals surface area contributed by atoms with E-state index in [1.54, 1.807) is 12.3 Å². The first-order valence-corrected chi connectivity index (χ1v) is 14.0. The van der Waals surface area contributed by atoms with Crippen LogP contribution in [0.1, 0.15) is 38.9 Å². The van der Waals surface area contributed by atoms with E-state index in [1.807, 2.05) is 0 Å². The summed E-state index contributed by atoms with van der Waals surface area (Å²) in [5.41, 5.74) is 5.78. The molecule has 3 unspecified atom stereocenters. The second kappa shape index (κ2) is 10.7.